The van der Waals surface area contributed by atoms with Crippen LogP contribution in [0.3, 0.4) is 0 Å². The fraction of sp³-hybridized carbons (Fsp3) is 0.280. The number of benzene rings is 3. The monoisotopic (exact) mass is 423 g/mol. The lowest BCUT2D eigenvalue weighted by molar-refractivity contribution is 0.406. The van der Waals surface area contributed by atoms with Gasteiger partial charge >= 0.3 is 0 Å². The zero-order valence-electron chi connectivity index (χ0n) is 18.1. The van der Waals surface area contributed by atoms with Crippen molar-refractivity contribution in [2.75, 3.05) is 7.11 Å². The Balaban J connectivity index is 2.08. The van der Waals surface area contributed by atoms with Crippen LogP contribution in [0, 0.1) is 13.8 Å². The molecule has 4 nitrogen and oxygen atoms in total. The Morgan fingerprint density at radius 1 is 0.867 bits per heavy atom. The van der Waals surface area contributed by atoms with Gasteiger partial charge in [-0.3, -0.25) is 0 Å². The smallest absolute Gasteiger partial charge is 0.241 e. The normalized spacial score (nSPS) is 12.7. The first-order chi connectivity index (χ1) is 14.2. The summed E-state index contributed by atoms with van der Waals surface area (Å²) in [4.78, 5) is 0.278. The second-order valence-corrected chi connectivity index (χ2v) is 9.57. The highest BCUT2D eigenvalue weighted by Gasteiger charge is 2.26. The molecule has 0 radical (unpaired) electrons. The molecule has 3 aromatic rings. The zero-order valence-corrected chi connectivity index (χ0v) is 19.0. The molecule has 0 aliphatic rings. The molecule has 0 aromatic heterocycles. The van der Waals surface area contributed by atoms with Crippen molar-refractivity contribution < 1.29 is 13.2 Å². The van der Waals surface area contributed by atoms with Crippen LogP contribution in [0.4, 0.5) is 0 Å². The van der Waals surface area contributed by atoms with Crippen LogP contribution < -0.4 is 9.46 Å². The fourth-order valence-corrected chi connectivity index (χ4v) is 5.02. The van der Waals surface area contributed by atoms with Crippen LogP contribution in [-0.4, -0.2) is 15.5 Å². The van der Waals surface area contributed by atoms with Crippen LogP contribution in [-0.2, 0) is 10.0 Å². The number of nitrogens with one attached hydrogen (secondary N) is 1. The van der Waals surface area contributed by atoms with E-state index in [0.717, 1.165) is 22.3 Å². The highest BCUT2D eigenvalue weighted by molar-refractivity contribution is 7.89. The molecule has 0 saturated carbocycles. The van der Waals surface area contributed by atoms with E-state index in [4.69, 9.17) is 4.74 Å². The maximum Gasteiger partial charge on any atom is 0.241 e. The van der Waals surface area contributed by atoms with Crippen LogP contribution in [0.2, 0.25) is 0 Å². The number of rotatable bonds is 7. The zero-order chi connectivity index (χ0) is 21.9. The number of methoxy groups -OCH3 is 1. The molecule has 0 spiro atoms. The van der Waals surface area contributed by atoms with E-state index in [1.165, 1.54) is 0 Å². The van der Waals surface area contributed by atoms with Crippen molar-refractivity contribution in [3.63, 3.8) is 0 Å². The minimum absolute atomic E-state index is 0.136. The molecule has 0 aliphatic heterocycles. The van der Waals surface area contributed by atoms with Gasteiger partial charge in [-0.25, -0.2) is 8.42 Å². The van der Waals surface area contributed by atoms with Crippen LogP contribution in [0.5, 0.6) is 5.75 Å². The quantitative estimate of drug-likeness (QED) is 0.546. The molecule has 0 amide bonds. The minimum atomic E-state index is -3.78. The van der Waals surface area contributed by atoms with Gasteiger partial charge in [-0.1, -0.05) is 74.0 Å². The average molecular weight is 424 g/mol. The van der Waals surface area contributed by atoms with Gasteiger partial charge in [0.1, 0.15) is 5.75 Å². The van der Waals surface area contributed by atoms with E-state index in [1.54, 1.807) is 26.2 Å². The number of hydrogen-bond donors (Lipinski definition) is 1. The highest BCUT2D eigenvalue weighted by atomic mass is 32.2. The topological polar surface area (TPSA) is 55.4 Å². The number of hydrogen-bond acceptors (Lipinski definition) is 3. The second kappa shape index (κ2) is 9.02. The minimum Gasteiger partial charge on any atom is -0.496 e. The molecule has 3 aromatic carbocycles. The van der Waals surface area contributed by atoms with Crippen LogP contribution in [0.15, 0.2) is 71.6 Å². The molecule has 0 bridgehead atoms. The van der Waals surface area contributed by atoms with Crippen molar-refractivity contribution in [3.05, 3.63) is 94.5 Å². The first-order valence-electron chi connectivity index (χ1n) is 10.1. The third kappa shape index (κ3) is 4.74. The summed E-state index contributed by atoms with van der Waals surface area (Å²) in [6.45, 7) is 7.86. The Morgan fingerprint density at radius 2 is 1.47 bits per heavy atom. The van der Waals surface area contributed by atoms with Gasteiger partial charge in [0.15, 0.2) is 0 Å². The predicted octanol–water partition coefficient (Wildman–Crippen LogP) is 5.50. The lowest BCUT2D eigenvalue weighted by atomic mass is 9.99. The van der Waals surface area contributed by atoms with E-state index in [1.807, 2.05) is 75.4 Å². The van der Waals surface area contributed by atoms with Crippen LogP contribution in [0.1, 0.15) is 53.6 Å². The third-order valence-corrected chi connectivity index (χ3v) is 6.82. The van der Waals surface area contributed by atoms with E-state index in [0.29, 0.717) is 11.3 Å². The average Bonchev–Trinajstić information content (AvgIpc) is 2.72. The molecular weight excluding hydrogens is 394 g/mol. The van der Waals surface area contributed by atoms with Gasteiger partial charge in [-0.2, -0.15) is 4.72 Å². The summed E-state index contributed by atoms with van der Waals surface area (Å²) in [5.41, 5.74) is 4.43. The van der Waals surface area contributed by atoms with Gasteiger partial charge in [-0.05, 0) is 54.2 Å². The van der Waals surface area contributed by atoms with E-state index >= 15 is 0 Å². The fourth-order valence-electron chi connectivity index (χ4n) is 3.55. The highest BCUT2D eigenvalue weighted by Crippen LogP contribution is 2.33. The molecule has 1 N–H and O–H groups in total. The molecule has 0 saturated heterocycles. The first-order valence-corrected chi connectivity index (χ1v) is 11.5. The molecular formula is C25H29NO3S. The van der Waals surface area contributed by atoms with Crippen LogP contribution >= 0.6 is 0 Å². The summed E-state index contributed by atoms with van der Waals surface area (Å²) in [6.07, 6.45) is 0. The number of sulfonamides is 1. The molecule has 30 heavy (non-hydrogen) atoms. The third-order valence-electron chi connectivity index (χ3n) is 5.26. The molecule has 0 fully saturated rings. The van der Waals surface area contributed by atoms with Crippen molar-refractivity contribution in [2.24, 2.45) is 0 Å². The van der Waals surface area contributed by atoms with Crippen molar-refractivity contribution in [1.82, 2.24) is 4.72 Å². The molecule has 1 atom stereocenters. The molecule has 0 aliphatic carbocycles. The molecule has 0 heterocycles. The Bertz CT molecular complexity index is 1110. The lowest BCUT2D eigenvalue weighted by Gasteiger charge is -2.22. The predicted molar refractivity (Wildman–Crippen MR) is 122 cm³/mol. The number of aryl methyl sites for hydroxylation is 2. The van der Waals surface area contributed by atoms with Gasteiger partial charge < -0.3 is 4.74 Å². The summed E-state index contributed by atoms with van der Waals surface area (Å²) in [5, 5.41) is 0. The second-order valence-electron chi connectivity index (χ2n) is 7.89. The van der Waals surface area contributed by atoms with Gasteiger partial charge in [-0.15, -0.1) is 0 Å². The Hall–Kier alpha value is -2.63. The SMILES string of the molecule is COc1cc(C)c(S(=O)(=O)N[C@H](c2ccccc2)c2ccc(C)cc2)cc1C(C)C. The summed E-state index contributed by atoms with van der Waals surface area (Å²) in [7, 11) is -2.18. The van der Waals surface area contributed by atoms with Gasteiger partial charge in [0.05, 0.1) is 18.0 Å². The standard InChI is InChI=1S/C25H29NO3S/c1-17(2)22-16-24(19(4)15-23(22)29-5)30(27,28)26-25(20-9-7-6-8-10-20)21-13-11-18(3)12-14-21/h6-17,25-26H,1-5H3/t25-/m1/s1. The summed E-state index contributed by atoms with van der Waals surface area (Å²) >= 11 is 0. The maximum absolute atomic E-state index is 13.5. The van der Waals surface area contributed by atoms with Gasteiger partial charge in [0.25, 0.3) is 0 Å². The van der Waals surface area contributed by atoms with Gasteiger partial charge in [0.2, 0.25) is 10.0 Å². The van der Waals surface area contributed by atoms with E-state index < -0.39 is 16.1 Å². The van der Waals surface area contributed by atoms with E-state index in [2.05, 4.69) is 4.72 Å². The molecule has 5 heteroatoms. The summed E-state index contributed by atoms with van der Waals surface area (Å²) < 4.78 is 35.4. The molecule has 3 rings (SSSR count). The molecule has 0 unspecified atom stereocenters. The lowest BCUT2D eigenvalue weighted by Crippen LogP contribution is -2.30. The Kier molecular flexibility index (Phi) is 6.64. The largest absolute Gasteiger partial charge is 0.496 e. The van der Waals surface area contributed by atoms with Crippen LogP contribution in [0.25, 0.3) is 0 Å². The summed E-state index contributed by atoms with van der Waals surface area (Å²) in [6, 6.07) is 20.6. The Labute approximate surface area is 180 Å². The van der Waals surface area contributed by atoms with Crippen molar-refractivity contribution in [3.8, 4) is 5.75 Å². The van der Waals surface area contributed by atoms with E-state index in [9.17, 15) is 8.42 Å². The van der Waals surface area contributed by atoms with E-state index in [-0.39, 0.29) is 10.8 Å². The van der Waals surface area contributed by atoms with Crippen molar-refractivity contribution in [1.29, 1.82) is 0 Å². The van der Waals surface area contributed by atoms with Crippen molar-refractivity contribution in [2.45, 2.75) is 44.6 Å². The van der Waals surface area contributed by atoms with Gasteiger partial charge in [0, 0.05) is 0 Å². The molecule has 158 valence electrons. The number of ether oxygens (including phenoxy) is 1. The Morgan fingerprint density at radius 3 is 2.03 bits per heavy atom. The first kappa shape index (κ1) is 22.1. The van der Waals surface area contributed by atoms with Crippen molar-refractivity contribution >= 4 is 10.0 Å². The maximum atomic E-state index is 13.5. The summed E-state index contributed by atoms with van der Waals surface area (Å²) in [5.74, 6) is 0.844.